The van der Waals surface area contributed by atoms with E-state index >= 15 is 0 Å². The normalized spacial score (nSPS) is 11.2. The molecule has 0 fully saturated rings. The molecule has 0 saturated carbocycles. The molecule has 0 aliphatic rings. The molecule has 0 heterocycles. The second kappa shape index (κ2) is 10.0. The lowest BCUT2D eigenvalue weighted by Gasteiger charge is -2.15. The molecule has 0 atom stereocenters. The average Bonchev–Trinajstić information content (AvgIpc) is 2.63. The standard InChI is InChI=1S/C25H27F3O4/c1-14-7-16(3)21(17(4)8-14)12-31-23(29)20(11-25(26,27)28)24(30)32-13-22-18(5)9-15(2)10-19(22)6/h7-11H,12-13H2,1-6H3. The van der Waals surface area contributed by atoms with Crippen LogP contribution in [0.3, 0.4) is 0 Å². The van der Waals surface area contributed by atoms with E-state index in [4.69, 9.17) is 9.47 Å². The van der Waals surface area contributed by atoms with Crippen molar-refractivity contribution in [3.63, 3.8) is 0 Å². The number of hydrogen-bond donors (Lipinski definition) is 0. The van der Waals surface area contributed by atoms with Crippen LogP contribution < -0.4 is 0 Å². The van der Waals surface area contributed by atoms with Crippen LogP contribution in [0.4, 0.5) is 13.2 Å². The number of halogens is 3. The predicted octanol–water partition coefficient (Wildman–Crippen LogP) is 5.81. The van der Waals surface area contributed by atoms with E-state index in [1.165, 1.54) is 0 Å². The van der Waals surface area contributed by atoms with Gasteiger partial charge in [0, 0.05) is 6.08 Å². The van der Waals surface area contributed by atoms with Crippen molar-refractivity contribution in [2.75, 3.05) is 0 Å². The van der Waals surface area contributed by atoms with Gasteiger partial charge in [-0.1, -0.05) is 35.4 Å². The summed E-state index contributed by atoms with van der Waals surface area (Å²) in [6.45, 7) is 10.6. The lowest BCUT2D eigenvalue weighted by Crippen LogP contribution is -2.22. The van der Waals surface area contributed by atoms with Gasteiger partial charge in [-0.2, -0.15) is 13.2 Å². The molecule has 7 heteroatoms. The fourth-order valence-corrected chi connectivity index (χ4v) is 3.67. The number of aryl methyl sites for hydroxylation is 6. The van der Waals surface area contributed by atoms with Crippen LogP contribution >= 0.6 is 0 Å². The molecule has 32 heavy (non-hydrogen) atoms. The number of rotatable bonds is 6. The molecule has 0 spiro atoms. The smallest absolute Gasteiger partial charge is 0.410 e. The van der Waals surface area contributed by atoms with Gasteiger partial charge in [-0.15, -0.1) is 0 Å². The van der Waals surface area contributed by atoms with Crippen LogP contribution in [0.5, 0.6) is 0 Å². The van der Waals surface area contributed by atoms with Crippen molar-refractivity contribution < 1.29 is 32.2 Å². The Morgan fingerprint density at radius 1 is 0.719 bits per heavy atom. The molecule has 0 N–H and O–H groups in total. The van der Waals surface area contributed by atoms with Gasteiger partial charge in [0.05, 0.1) is 0 Å². The number of allylic oxidation sites excluding steroid dienone is 1. The summed E-state index contributed by atoms with van der Waals surface area (Å²) < 4.78 is 49.2. The number of hydrogen-bond acceptors (Lipinski definition) is 4. The van der Waals surface area contributed by atoms with Crippen LogP contribution in [0.25, 0.3) is 0 Å². The molecule has 172 valence electrons. The van der Waals surface area contributed by atoms with Crippen LogP contribution in [0, 0.1) is 41.5 Å². The summed E-state index contributed by atoms with van der Waals surface area (Å²) in [6.07, 6.45) is -5.26. The highest BCUT2D eigenvalue weighted by molar-refractivity contribution is 6.14. The maximum Gasteiger partial charge on any atom is 0.410 e. The molecular weight excluding hydrogens is 421 g/mol. The summed E-state index contributed by atoms with van der Waals surface area (Å²) in [4.78, 5) is 24.8. The molecule has 2 rings (SSSR count). The number of ether oxygens (including phenoxy) is 2. The van der Waals surface area contributed by atoms with Crippen molar-refractivity contribution in [1.29, 1.82) is 0 Å². The monoisotopic (exact) mass is 448 g/mol. The highest BCUT2D eigenvalue weighted by Crippen LogP contribution is 2.23. The Morgan fingerprint density at radius 3 is 1.31 bits per heavy atom. The largest absolute Gasteiger partial charge is 0.457 e. The highest BCUT2D eigenvalue weighted by Gasteiger charge is 2.32. The van der Waals surface area contributed by atoms with E-state index in [0.717, 1.165) is 33.4 Å². The predicted molar refractivity (Wildman–Crippen MR) is 115 cm³/mol. The fourth-order valence-electron chi connectivity index (χ4n) is 3.67. The summed E-state index contributed by atoms with van der Waals surface area (Å²) in [5.41, 5.74) is 5.53. The van der Waals surface area contributed by atoms with Crippen LogP contribution in [0.15, 0.2) is 35.9 Å². The molecule has 0 radical (unpaired) electrons. The van der Waals surface area contributed by atoms with E-state index < -0.39 is 23.7 Å². The average molecular weight is 448 g/mol. The Bertz CT molecular complexity index is 944. The van der Waals surface area contributed by atoms with Crippen molar-refractivity contribution in [2.24, 2.45) is 0 Å². The van der Waals surface area contributed by atoms with E-state index in [9.17, 15) is 22.8 Å². The van der Waals surface area contributed by atoms with Crippen LogP contribution in [0.2, 0.25) is 0 Å². The second-order valence-electron chi connectivity index (χ2n) is 8.01. The van der Waals surface area contributed by atoms with Gasteiger partial charge in [0.1, 0.15) is 18.8 Å². The van der Waals surface area contributed by atoms with Gasteiger partial charge in [-0.3, -0.25) is 0 Å². The number of benzene rings is 2. The van der Waals surface area contributed by atoms with Crippen molar-refractivity contribution >= 4 is 11.9 Å². The summed E-state index contributed by atoms with van der Waals surface area (Å²) in [5, 5.41) is 0. The van der Waals surface area contributed by atoms with Gasteiger partial charge >= 0.3 is 18.1 Å². The molecular formula is C25H27F3O4. The molecule has 0 bridgehead atoms. The lowest BCUT2D eigenvalue weighted by molar-refractivity contribution is -0.149. The van der Waals surface area contributed by atoms with Gasteiger partial charge in [0.25, 0.3) is 0 Å². The van der Waals surface area contributed by atoms with Gasteiger partial charge in [-0.25, -0.2) is 9.59 Å². The fraction of sp³-hybridized carbons (Fsp3) is 0.360. The van der Waals surface area contributed by atoms with E-state index in [-0.39, 0.29) is 19.3 Å². The van der Waals surface area contributed by atoms with Gasteiger partial charge < -0.3 is 9.47 Å². The molecule has 0 aliphatic heterocycles. The number of alkyl halides is 3. The summed E-state index contributed by atoms with van der Waals surface area (Å²) >= 11 is 0. The molecule has 0 saturated heterocycles. The number of carbonyl (C=O) groups excluding carboxylic acids is 2. The maximum absolute atomic E-state index is 13.0. The first-order chi connectivity index (χ1) is 14.8. The van der Waals surface area contributed by atoms with Crippen LogP contribution in [0.1, 0.15) is 44.5 Å². The molecule has 0 amide bonds. The van der Waals surface area contributed by atoms with Gasteiger partial charge in [0.2, 0.25) is 0 Å². The van der Waals surface area contributed by atoms with Gasteiger partial charge in [0.15, 0.2) is 0 Å². The third-order valence-electron chi connectivity index (χ3n) is 5.12. The van der Waals surface area contributed by atoms with Crippen molar-refractivity contribution in [3.8, 4) is 0 Å². The Kier molecular flexibility index (Phi) is 7.88. The third kappa shape index (κ3) is 6.70. The molecule has 0 aromatic heterocycles. The first-order valence-electron chi connectivity index (χ1n) is 10.1. The number of carbonyl (C=O) groups is 2. The quantitative estimate of drug-likeness (QED) is 0.242. The summed E-state index contributed by atoms with van der Waals surface area (Å²) in [6, 6.07) is 7.51. The molecule has 4 nitrogen and oxygen atoms in total. The van der Waals surface area contributed by atoms with Crippen LogP contribution in [-0.4, -0.2) is 18.1 Å². The number of esters is 2. The van der Waals surface area contributed by atoms with Gasteiger partial charge in [-0.05, 0) is 74.9 Å². The minimum Gasteiger partial charge on any atom is -0.457 e. The highest BCUT2D eigenvalue weighted by atomic mass is 19.4. The van der Waals surface area contributed by atoms with E-state index in [2.05, 4.69) is 0 Å². The lowest BCUT2D eigenvalue weighted by atomic mass is 10.0. The molecule has 0 unspecified atom stereocenters. The minimum absolute atomic E-state index is 0.255. The van der Waals surface area contributed by atoms with E-state index in [0.29, 0.717) is 11.1 Å². The molecule has 2 aromatic carbocycles. The first kappa shape index (κ1) is 25.2. The first-order valence-corrected chi connectivity index (χ1v) is 10.1. The second-order valence-corrected chi connectivity index (χ2v) is 8.01. The Morgan fingerprint density at radius 2 is 1.03 bits per heavy atom. The molecule has 0 aliphatic carbocycles. The van der Waals surface area contributed by atoms with Crippen molar-refractivity contribution in [2.45, 2.75) is 60.9 Å². The third-order valence-corrected chi connectivity index (χ3v) is 5.12. The SMILES string of the molecule is Cc1cc(C)c(COC(=O)C(=CC(F)(F)F)C(=O)OCc2c(C)cc(C)cc2C)c(C)c1. The molecule has 2 aromatic rings. The van der Waals surface area contributed by atoms with E-state index in [1.807, 2.05) is 65.8 Å². The zero-order chi connectivity index (χ0) is 24.2. The zero-order valence-electron chi connectivity index (χ0n) is 19.1. The minimum atomic E-state index is -4.89. The Hall–Kier alpha value is -3.09. The Balaban J connectivity index is 2.20. The van der Waals surface area contributed by atoms with Crippen molar-refractivity contribution in [3.05, 3.63) is 80.4 Å². The van der Waals surface area contributed by atoms with E-state index in [1.54, 1.807) is 0 Å². The van der Waals surface area contributed by atoms with Crippen LogP contribution in [-0.2, 0) is 32.3 Å². The van der Waals surface area contributed by atoms with Crippen molar-refractivity contribution in [1.82, 2.24) is 0 Å². The maximum atomic E-state index is 13.0. The Labute approximate surface area is 186 Å². The topological polar surface area (TPSA) is 52.6 Å². The summed E-state index contributed by atoms with van der Waals surface area (Å²) in [5.74, 6) is -2.77. The summed E-state index contributed by atoms with van der Waals surface area (Å²) in [7, 11) is 0. The zero-order valence-corrected chi connectivity index (χ0v) is 19.1.